The van der Waals surface area contributed by atoms with Crippen LogP contribution >= 0.6 is 0 Å². The molecule has 0 bridgehead atoms. The Morgan fingerprint density at radius 2 is 2.12 bits per heavy atom. The Kier molecular flexibility index (Phi) is 3.03. The summed E-state index contributed by atoms with van der Waals surface area (Å²) in [6.45, 7) is 2.06. The van der Waals surface area contributed by atoms with Gasteiger partial charge in [0.2, 0.25) is 0 Å². The van der Waals surface area contributed by atoms with Crippen molar-refractivity contribution >= 4 is 0 Å². The number of benzene rings is 1. The van der Waals surface area contributed by atoms with Gasteiger partial charge in [-0.05, 0) is 29.7 Å². The van der Waals surface area contributed by atoms with Gasteiger partial charge in [0, 0.05) is 12.5 Å². The van der Waals surface area contributed by atoms with Crippen LogP contribution in [-0.4, -0.2) is 18.3 Å². The number of hydrogen-bond donors (Lipinski definition) is 1. The van der Waals surface area contributed by atoms with E-state index in [4.69, 9.17) is 9.84 Å². The third-order valence-corrected chi connectivity index (χ3v) is 3.22. The molecule has 5 heteroatoms. The average Bonchev–Trinajstić information content (AvgIpc) is 2.28. The smallest absolute Gasteiger partial charge is 0.416 e. The number of hydrogen-bond acceptors (Lipinski definition) is 2. The molecule has 0 aliphatic carbocycles. The largest absolute Gasteiger partial charge is 0.493 e. The molecule has 1 aromatic rings. The van der Waals surface area contributed by atoms with Crippen molar-refractivity contribution in [2.75, 3.05) is 13.2 Å². The van der Waals surface area contributed by atoms with Crippen LogP contribution in [-0.2, 0) is 6.18 Å². The van der Waals surface area contributed by atoms with Crippen LogP contribution in [0.5, 0.6) is 5.75 Å². The average molecular weight is 246 g/mol. The van der Waals surface area contributed by atoms with E-state index < -0.39 is 11.7 Å². The summed E-state index contributed by atoms with van der Waals surface area (Å²) in [5.41, 5.74) is -0.157. The Bertz CT molecular complexity index is 415. The van der Waals surface area contributed by atoms with Crippen LogP contribution in [0.15, 0.2) is 18.2 Å². The highest BCUT2D eigenvalue weighted by atomic mass is 19.4. The number of ether oxygens (including phenoxy) is 1. The highest BCUT2D eigenvalue weighted by molar-refractivity contribution is 5.42. The van der Waals surface area contributed by atoms with E-state index in [0.29, 0.717) is 17.9 Å². The van der Waals surface area contributed by atoms with Gasteiger partial charge < -0.3 is 9.84 Å². The molecule has 2 unspecified atom stereocenters. The molecule has 2 atom stereocenters. The molecule has 0 fully saturated rings. The lowest BCUT2D eigenvalue weighted by Crippen LogP contribution is -2.27. The van der Waals surface area contributed by atoms with E-state index in [1.54, 1.807) is 0 Å². The number of fused-ring (bicyclic) bond motifs is 1. The summed E-state index contributed by atoms with van der Waals surface area (Å²) in [6, 6.07) is 3.48. The second kappa shape index (κ2) is 4.22. The Balaban J connectivity index is 2.40. The second-order valence-electron chi connectivity index (χ2n) is 4.29. The Labute approximate surface area is 97.0 Å². The lowest BCUT2D eigenvalue weighted by atomic mass is 9.85. The molecule has 0 saturated heterocycles. The van der Waals surface area contributed by atoms with Crippen LogP contribution in [0.2, 0.25) is 0 Å². The molecule has 1 N–H and O–H groups in total. The molecule has 1 aliphatic rings. The van der Waals surface area contributed by atoms with Gasteiger partial charge in [0.05, 0.1) is 12.2 Å². The quantitative estimate of drug-likeness (QED) is 0.825. The van der Waals surface area contributed by atoms with Gasteiger partial charge >= 0.3 is 6.18 Å². The molecule has 0 saturated carbocycles. The van der Waals surface area contributed by atoms with E-state index in [2.05, 4.69) is 0 Å². The summed E-state index contributed by atoms with van der Waals surface area (Å²) in [5, 5.41) is 9.11. The topological polar surface area (TPSA) is 29.5 Å². The third kappa shape index (κ3) is 2.24. The minimum atomic E-state index is -4.35. The fraction of sp³-hybridized carbons (Fsp3) is 0.500. The van der Waals surface area contributed by atoms with Gasteiger partial charge in [-0.1, -0.05) is 6.92 Å². The SMILES string of the molecule is CC1c2cc(C(F)(F)F)ccc2OCC1CO. The minimum absolute atomic E-state index is 0.0865. The lowest BCUT2D eigenvalue weighted by Gasteiger charge is -2.30. The fourth-order valence-electron chi connectivity index (χ4n) is 2.02. The number of aliphatic hydroxyl groups is 1. The Morgan fingerprint density at radius 1 is 1.41 bits per heavy atom. The van der Waals surface area contributed by atoms with Crippen LogP contribution < -0.4 is 4.74 Å². The molecule has 0 amide bonds. The molecule has 0 radical (unpaired) electrons. The minimum Gasteiger partial charge on any atom is -0.493 e. The van der Waals surface area contributed by atoms with Crippen molar-refractivity contribution in [2.45, 2.75) is 19.0 Å². The Morgan fingerprint density at radius 3 is 2.71 bits per heavy atom. The molecular weight excluding hydrogens is 233 g/mol. The predicted octanol–water partition coefficient (Wildman–Crippen LogP) is 2.81. The normalized spacial score (nSPS) is 24.1. The van der Waals surface area contributed by atoms with E-state index in [1.165, 1.54) is 6.07 Å². The molecule has 1 aliphatic heterocycles. The molecule has 1 heterocycles. The van der Waals surface area contributed by atoms with Crippen LogP contribution in [0.1, 0.15) is 24.0 Å². The first-order chi connectivity index (χ1) is 7.93. The first-order valence-electron chi connectivity index (χ1n) is 5.38. The lowest BCUT2D eigenvalue weighted by molar-refractivity contribution is -0.137. The van der Waals surface area contributed by atoms with Crippen LogP contribution in [0, 0.1) is 5.92 Å². The number of halogens is 3. The molecule has 1 aromatic carbocycles. The zero-order valence-corrected chi connectivity index (χ0v) is 9.29. The summed E-state index contributed by atoms with van der Waals surface area (Å²) in [7, 11) is 0. The van der Waals surface area contributed by atoms with E-state index in [9.17, 15) is 13.2 Å². The fourth-order valence-corrected chi connectivity index (χ4v) is 2.02. The monoisotopic (exact) mass is 246 g/mol. The van der Waals surface area contributed by atoms with E-state index in [0.717, 1.165) is 12.1 Å². The molecule has 0 spiro atoms. The van der Waals surface area contributed by atoms with Gasteiger partial charge in [-0.15, -0.1) is 0 Å². The molecule has 0 aromatic heterocycles. The zero-order chi connectivity index (χ0) is 12.6. The summed E-state index contributed by atoms with van der Waals surface area (Å²) < 4.78 is 43.1. The number of aliphatic hydroxyl groups excluding tert-OH is 1. The molecule has 2 rings (SSSR count). The first kappa shape index (κ1) is 12.2. The maximum atomic E-state index is 12.6. The van der Waals surface area contributed by atoms with Crippen molar-refractivity contribution in [3.05, 3.63) is 29.3 Å². The van der Waals surface area contributed by atoms with Gasteiger partial charge in [-0.25, -0.2) is 0 Å². The molecular formula is C12H13F3O2. The number of alkyl halides is 3. The maximum absolute atomic E-state index is 12.6. The highest BCUT2D eigenvalue weighted by Crippen LogP contribution is 2.40. The summed E-state index contributed by atoms with van der Waals surface area (Å²) in [6.07, 6.45) is -4.35. The summed E-state index contributed by atoms with van der Waals surface area (Å²) >= 11 is 0. The van der Waals surface area contributed by atoms with Crippen LogP contribution in [0.4, 0.5) is 13.2 Å². The van der Waals surface area contributed by atoms with Gasteiger partial charge in [0.25, 0.3) is 0 Å². The molecule has 94 valence electrons. The van der Waals surface area contributed by atoms with Crippen LogP contribution in [0.3, 0.4) is 0 Å². The van der Waals surface area contributed by atoms with Crippen molar-refractivity contribution in [2.24, 2.45) is 5.92 Å². The van der Waals surface area contributed by atoms with Crippen LogP contribution in [0.25, 0.3) is 0 Å². The van der Waals surface area contributed by atoms with Crippen molar-refractivity contribution in [3.8, 4) is 5.75 Å². The summed E-state index contributed by atoms with van der Waals surface area (Å²) in [4.78, 5) is 0. The second-order valence-corrected chi connectivity index (χ2v) is 4.29. The summed E-state index contributed by atoms with van der Waals surface area (Å²) in [5.74, 6) is 0.201. The highest BCUT2D eigenvalue weighted by Gasteiger charge is 2.34. The molecule has 2 nitrogen and oxygen atoms in total. The van der Waals surface area contributed by atoms with E-state index >= 15 is 0 Å². The predicted molar refractivity (Wildman–Crippen MR) is 55.9 cm³/mol. The zero-order valence-electron chi connectivity index (χ0n) is 9.29. The van der Waals surface area contributed by atoms with Gasteiger partial charge in [-0.3, -0.25) is 0 Å². The van der Waals surface area contributed by atoms with E-state index in [-0.39, 0.29) is 18.4 Å². The Hall–Kier alpha value is -1.23. The maximum Gasteiger partial charge on any atom is 0.416 e. The number of rotatable bonds is 1. The van der Waals surface area contributed by atoms with E-state index in [1.807, 2.05) is 6.92 Å². The van der Waals surface area contributed by atoms with Crippen molar-refractivity contribution in [1.29, 1.82) is 0 Å². The molecule has 17 heavy (non-hydrogen) atoms. The standard InChI is InChI=1S/C12H13F3O2/c1-7-8(5-16)6-17-11-3-2-9(4-10(7)11)12(13,14)15/h2-4,7-8,16H,5-6H2,1H3. The van der Waals surface area contributed by atoms with Crippen molar-refractivity contribution in [1.82, 2.24) is 0 Å². The van der Waals surface area contributed by atoms with Crippen molar-refractivity contribution in [3.63, 3.8) is 0 Å². The van der Waals surface area contributed by atoms with Gasteiger partial charge in [-0.2, -0.15) is 13.2 Å². The van der Waals surface area contributed by atoms with Gasteiger partial charge in [0.1, 0.15) is 5.75 Å². The van der Waals surface area contributed by atoms with Crippen molar-refractivity contribution < 1.29 is 23.0 Å². The van der Waals surface area contributed by atoms with Gasteiger partial charge in [0.15, 0.2) is 0 Å². The third-order valence-electron chi connectivity index (χ3n) is 3.22. The first-order valence-corrected chi connectivity index (χ1v) is 5.38.